The molecule has 0 bridgehead atoms. The largest absolute Gasteiger partial charge is 0.483 e. The maximum Gasteiger partial charge on any atom is 0.277 e. The quantitative estimate of drug-likeness (QED) is 0.488. The van der Waals surface area contributed by atoms with Crippen LogP contribution >= 0.6 is 0 Å². The molecule has 0 unspecified atom stereocenters. The molecule has 2 aromatic rings. The lowest BCUT2D eigenvalue weighted by Gasteiger charge is -2.23. The first-order valence-electron chi connectivity index (χ1n) is 9.91. The normalized spacial score (nSPS) is 10.9. The van der Waals surface area contributed by atoms with Crippen molar-refractivity contribution in [3.8, 4) is 5.75 Å². The predicted octanol–water partition coefficient (Wildman–Crippen LogP) is 4.46. The Bertz CT molecular complexity index is 759. The molecule has 0 atom stereocenters. The maximum atomic E-state index is 12.0. The second-order valence-corrected chi connectivity index (χ2v) is 6.88. The Hall–Kier alpha value is -2.82. The molecule has 0 aliphatic heterocycles. The third-order valence-corrected chi connectivity index (χ3v) is 4.40. The van der Waals surface area contributed by atoms with Gasteiger partial charge >= 0.3 is 0 Å². The SMILES string of the molecule is CCCN(CCC)c1ccc(C=NNC(=O)COc2c(C)cccc2C)cc1. The molecule has 0 fully saturated rings. The zero-order chi connectivity index (χ0) is 20.4. The summed E-state index contributed by atoms with van der Waals surface area (Å²) in [5.41, 5.74) is 6.69. The first-order chi connectivity index (χ1) is 13.5. The topological polar surface area (TPSA) is 53.9 Å². The van der Waals surface area contributed by atoms with Crippen LogP contribution in [0, 0.1) is 13.8 Å². The van der Waals surface area contributed by atoms with E-state index in [1.807, 2.05) is 44.2 Å². The van der Waals surface area contributed by atoms with Gasteiger partial charge in [-0.15, -0.1) is 0 Å². The van der Waals surface area contributed by atoms with Crippen LogP contribution in [-0.4, -0.2) is 31.8 Å². The molecule has 0 spiro atoms. The van der Waals surface area contributed by atoms with Gasteiger partial charge in [0.2, 0.25) is 0 Å². The zero-order valence-corrected chi connectivity index (χ0v) is 17.4. The molecule has 5 heteroatoms. The Labute approximate surface area is 168 Å². The molecule has 2 aromatic carbocycles. The second kappa shape index (κ2) is 11.1. The highest BCUT2D eigenvalue weighted by molar-refractivity contribution is 5.83. The molecule has 0 radical (unpaired) electrons. The number of rotatable bonds is 10. The molecule has 0 aromatic heterocycles. The second-order valence-electron chi connectivity index (χ2n) is 6.88. The van der Waals surface area contributed by atoms with Crippen LogP contribution in [0.15, 0.2) is 47.6 Å². The van der Waals surface area contributed by atoms with Gasteiger partial charge in [0.05, 0.1) is 6.21 Å². The molecule has 150 valence electrons. The van der Waals surface area contributed by atoms with Crippen LogP contribution in [0.25, 0.3) is 0 Å². The minimum Gasteiger partial charge on any atom is -0.483 e. The fourth-order valence-electron chi connectivity index (χ4n) is 3.06. The summed E-state index contributed by atoms with van der Waals surface area (Å²) in [6.07, 6.45) is 3.89. The zero-order valence-electron chi connectivity index (χ0n) is 17.4. The number of nitrogens with one attached hydrogen (secondary N) is 1. The number of nitrogens with zero attached hydrogens (tertiary/aromatic N) is 2. The van der Waals surface area contributed by atoms with Crippen molar-refractivity contribution in [1.29, 1.82) is 0 Å². The van der Waals surface area contributed by atoms with Crippen molar-refractivity contribution in [2.45, 2.75) is 40.5 Å². The highest BCUT2D eigenvalue weighted by atomic mass is 16.5. The van der Waals surface area contributed by atoms with E-state index in [1.165, 1.54) is 5.69 Å². The molecule has 0 aliphatic carbocycles. The smallest absolute Gasteiger partial charge is 0.277 e. The van der Waals surface area contributed by atoms with E-state index in [0.717, 1.165) is 48.4 Å². The summed E-state index contributed by atoms with van der Waals surface area (Å²) in [6.45, 7) is 10.3. The number of carbonyl (C=O) groups excluding carboxylic acids is 1. The molecule has 0 aliphatic rings. The van der Waals surface area contributed by atoms with Crippen LogP contribution in [-0.2, 0) is 4.79 Å². The van der Waals surface area contributed by atoms with Crippen LogP contribution in [0.4, 0.5) is 5.69 Å². The summed E-state index contributed by atoms with van der Waals surface area (Å²) in [5.74, 6) is 0.466. The van der Waals surface area contributed by atoms with Gasteiger partial charge in [-0.25, -0.2) is 5.43 Å². The van der Waals surface area contributed by atoms with Crippen molar-refractivity contribution in [2.24, 2.45) is 5.10 Å². The van der Waals surface area contributed by atoms with Gasteiger partial charge in [0.15, 0.2) is 6.61 Å². The molecule has 2 rings (SSSR count). The minimum atomic E-state index is -0.285. The number of hydrogen-bond acceptors (Lipinski definition) is 4. The Morgan fingerprint density at radius 1 is 1.04 bits per heavy atom. The summed E-state index contributed by atoms with van der Waals surface area (Å²) >= 11 is 0. The van der Waals surface area contributed by atoms with Gasteiger partial charge in [-0.2, -0.15) is 5.10 Å². The van der Waals surface area contributed by atoms with Gasteiger partial charge in [0.1, 0.15) is 5.75 Å². The number of aryl methyl sites for hydroxylation is 2. The van der Waals surface area contributed by atoms with Crippen molar-refractivity contribution in [3.63, 3.8) is 0 Å². The summed E-state index contributed by atoms with van der Waals surface area (Å²) in [5, 5.41) is 4.03. The van der Waals surface area contributed by atoms with Gasteiger partial charge in [0.25, 0.3) is 5.91 Å². The highest BCUT2D eigenvalue weighted by Gasteiger charge is 2.07. The Balaban J connectivity index is 1.85. The Kier molecular flexibility index (Phi) is 8.53. The van der Waals surface area contributed by atoms with E-state index in [9.17, 15) is 4.79 Å². The van der Waals surface area contributed by atoms with Crippen molar-refractivity contribution in [3.05, 3.63) is 59.2 Å². The lowest BCUT2D eigenvalue weighted by atomic mass is 10.1. The van der Waals surface area contributed by atoms with Gasteiger partial charge in [-0.1, -0.05) is 44.2 Å². The van der Waals surface area contributed by atoms with E-state index in [-0.39, 0.29) is 12.5 Å². The molecule has 5 nitrogen and oxygen atoms in total. The maximum absolute atomic E-state index is 12.0. The third-order valence-electron chi connectivity index (χ3n) is 4.40. The van der Waals surface area contributed by atoms with Crippen molar-refractivity contribution >= 4 is 17.8 Å². The van der Waals surface area contributed by atoms with Crippen LogP contribution in [0.1, 0.15) is 43.4 Å². The lowest BCUT2D eigenvalue weighted by Crippen LogP contribution is -2.25. The van der Waals surface area contributed by atoms with E-state index in [2.05, 4.69) is 41.4 Å². The van der Waals surface area contributed by atoms with Gasteiger partial charge in [0, 0.05) is 18.8 Å². The number of amides is 1. The minimum absolute atomic E-state index is 0.0645. The summed E-state index contributed by atoms with van der Waals surface area (Å²) in [7, 11) is 0. The van der Waals surface area contributed by atoms with E-state index >= 15 is 0 Å². The Morgan fingerprint density at radius 2 is 1.64 bits per heavy atom. The molecule has 1 amide bonds. The third kappa shape index (κ3) is 6.41. The predicted molar refractivity (Wildman–Crippen MR) is 116 cm³/mol. The van der Waals surface area contributed by atoms with E-state index in [0.29, 0.717) is 0 Å². The van der Waals surface area contributed by atoms with E-state index in [1.54, 1.807) is 6.21 Å². The van der Waals surface area contributed by atoms with Crippen LogP contribution in [0.2, 0.25) is 0 Å². The number of ether oxygens (including phenoxy) is 1. The fraction of sp³-hybridized carbons (Fsp3) is 0.391. The molecule has 0 heterocycles. The van der Waals surface area contributed by atoms with E-state index in [4.69, 9.17) is 4.74 Å². The van der Waals surface area contributed by atoms with Crippen LogP contribution in [0.3, 0.4) is 0 Å². The monoisotopic (exact) mass is 381 g/mol. The number of para-hydroxylation sites is 1. The van der Waals surface area contributed by atoms with Gasteiger partial charge < -0.3 is 9.64 Å². The molecule has 0 saturated heterocycles. The molecule has 0 saturated carbocycles. The van der Waals surface area contributed by atoms with E-state index < -0.39 is 0 Å². The summed E-state index contributed by atoms with van der Waals surface area (Å²) < 4.78 is 5.63. The van der Waals surface area contributed by atoms with Crippen molar-refractivity contribution in [1.82, 2.24) is 5.43 Å². The molecule has 28 heavy (non-hydrogen) atoms. The van der Waals surface area contributed by atoms with Crippen LogP contribution < -0.4 is 15.1 Å². The average molecular weight is 382 g/mol. The number of hydrazone groups is 1. The number of carbonyl (C=O) groups is 1. The highest BCUT2D eigenvalue weighted by Crippen LogP contribution is 2.22. The first-order valence-corrected chi connectivity index (χ1v) is 9.91. The van der Waals surface area contributed by atoms with Crippen LogP contribution in [0.5, 0.6) is 5.75 Å². The molecular formula is C23H31N3O2. The standard InChI is InChI=1S/C23H31N3O2/c1-5-14-26(15-6-2)21-12-10-20(11-13-21)16-24-25-22(27)17-28-23-18(3)8-7-9-19(23)4/h7-13,16H,5-6,14-15,17H2,1-4H3,(H,25,27). The average Bonchev–Trinajstić information content (AvgIpc) is 2.68. The summed E-state index contributed by atoms with van der Waals surface area (Å²) in [6, 6.07) is 14.1. The number of anilines is 1. The van der Waals surface area contributed by atoms with Crippen molar-refractivity contribution in [2.75, 3.05) is 24.6 Å². The lowest BCUT2D eigenvalue weighted by molar-refractivity contribution is -0.123. The van der Waals surface area contributed by atoms with Crippen molar-refractivity contribution < 1.29 is 9.53 Å². The Morgan fingerprint density at radius 3 is 2.21 bits per heavy atom. The number of hydrogen-bond donors (Lipinski definition) is 1. The van der Waals surface area contributed by atoms with Gasteiger partial charge in [-0.05, 0) is 55.5 Å². The number of benzene rings is 2. The molecular weight excluding hydrogens is 350 g/mol. The summed E-state index contributed by atoms with van der Waals surface area (Å²) in [4.78, 5) is 14.3. The fourth-order valence-corrected chi connectivity index (χ4v) is 3.06. The first kappa shape index (κ1) is 21.5. The van der Waals surface area contributed by atoms with Gasteiger partial charge in [-0.3, -0.25) is 4.79 Å². The molecule has 1 N–H and O–H groups in total.